The summed E-state index contributed by atoms with van der Waals surface area (Å²) in [6.07, 6.45) is 4.65. The molecule has 0 aromatic heterocycles. The predicted molar refractivity (Wildman–Crippen MR) is 63.3 cm³/mol. The topological polar surface area (TPSA) is 50.1 Å². The molecule has 0 aromatic carbocycles. The molecule has 0 fully saturated rings. The Bertz CT molecular complexity index is 271. The Morgan fingerprint density at radius 2 is 2.12 bits per heavy atom. The first-order valence-electron chi connectivity index (χ1n) is 5.61. The molecule has 0 saturated heterocycles. The van der Waals surface area contributed by atoms with Crippen molar-refractivity contribution in [2.45, 2.75) is 46.5 Å². The first-order valence-corrected chi connectivity index (χ1v) is 5.61. The van der Waals surface area contributed by atoms with Crippen molar-refractivity contribution in [1.82, 2.24) is 0 Å². The van der Waals surface area contributed by atoms with Crippen LogP contribution < -0.4 is 0 Å². The molecule has 0 spiro atoms. The fourth-order valence-corrected chi connectivity index (χ4v) is 1.40. The second kappa shape index (κ2) is 7.05. The van der Waals surface area contributed by atoms with Crippen molar-refractivity contribution in [3.05, 3.63) is 12.8 Å². The number of rotatable bonds is 6. The first-order chi connectivity index (χ1) is 7.40. The minimum absolute atomic E-state index is 0.309. The SMILES string of the molecule is C=COC(=O)C(C#N)CCCCC(C)(C)C. The highest BCUT2D eigenvalue weighted by molar-refractivity contribution is 5.75. The van der Waals surface area contributed by atoms with Crippen LogP contribution >= 0.6 is 0 Å². The molecule has 0 N–H and O–H groups in total. The van der Waals surface area contributed by atoms with Crippen LogP contribution in [0.15, 0.2) is 12.8 Å². The van der Waals surface area contributed by atoms with Crippen molar-refractivity contribution in [3.8, 4) is 6.07 Å². The second-order valence-electron chi connectivity index (χ2n) is 5.09. The molecule has 0 amide bonds. The van der Waals surface area contributed by atoms with Gasteiger partial charge in [-0.15, -0.1) is 0 Å². The van der Waals surface area contributed by atoms with E-state index in [2.05, 4.69) is 32.1 Å². The lowest BCUT2D eigenvalue weighted by atomic mass is 9.88. The van der Waals surface area contributed by atoms with Crippen molar-refractivity contribution in [3.63, 3.8) is 0 Å². The van der Waals surface area contributed by atoms with Gasteiger partial charge in [0.25, 0.3) is 0 Å². The van der Waals surface area contributed by atoms with Crippen molar-refractivity contribution < 1.29 is 9.53 Å². The maximum atomic E-state index is 11.2. The molecule has 0 rings (SSSR count). The van der Waals surface area contributed by atoms with E-state index >= 15 is 0 Å². The normalized spacial score (nSPS) is 12.6. The summed E-state index contributed by atoms with van der Waals surface area (Å²) in [7, 11) is 0. The molecule has 1 unspecified atom stereocenters. The van der Waals surface area contributed by atoms with Gasteiger partial charge in [0.15, 0.2) is 0 Å². The number of nitrogens with zero attached hydrogens (tertiary/aromatic N) is 1. The fourth-order valence-electron chi connectivity index (χ4n) is 1.40. The fraction of sp³-hybridized carbons (Fsp3) is 0.692. The van der Waals surface area contributed by atoms with Crippen LogP contribution in [0, 0.1) is 22.7 Å². The smallest absolute Gasteiger partial charge is 0.328 e. The number of unbranched alkanes of at least 4 members (excludes halogenated alkanes) is 1. The van der Waals surface area contributed by atoms with E-state index in [-0.39, 0.29) is 0 Å². The molecule has 0 aliphatic heterocycles. The van der Waals surface area contributed by atoms with Crippen LogP contribution in [0.25, 0.3) is 0 Å². The Balaban J connectivity index is 3.85. The summed E-state index contributed by atoms with van der Waals surface area (Å²) >= 11 is 0. The zero-order valence-corrected chi connectivity index (χ0v) is 10.5. The molecule has 1 atom stereocenters. The van der Waals surface area contributed by atoms with Crippen molar-refractivity contribution in [2.24, 2.45) is 11.3 Å². The number of ether oxygens (including phenoxy) is 1. The van der Waals surface area contributed by atoms with Gasteiger partial charge in [0.2, 0.25) is 0 Å². The molecular formula is C13H21NO2. The first kappa shape index (κ1) is 14.7. The number of nitriles is 1. The van der Waals surface area contributed by atoms with Gasteiger partial charge in [-0.3, -0.25) is 4.79 Å². The highest BCUT2D eigenvalue weighted by atomic mass is 16.5. The van der Waals surface area contributed by atoms with Crippen LogP contribution in [0.2, 0.25) is 0 Å². The monoisotopic (exact) mass is 223 g/mol. The Hall–Kier alpha value is -1.30. The zero-order chi connectivity index (χ0) is 12.6. The lowest BCUT2D eigenvalue weighted by Gasteiger charge is -2.17. The minimum atomic E-state index is -0.655. The van der Waals surface area contributed by atoms with Gasteiger partial charge < -0.3 is 4.74 Å². The van der Waals surface area contributed by atoms with Crippen LogP contribution in [0.5, 0.6) is 0 Å². The summed E-state index contributed by atoms with van der Waals surface area (Å²) < 4.78 is 4.60. The van der Waals surface area contributed by atoms with E-state index < -0.39 is 11.9 Å². The van der Waals surface area contributed by atoms with Gasteiger partial charge in [0.05, 0.1) is 12.3 Å². The molecule has 0 heterocycles. The summed E-state index contributed by atoms with van der Waals surface area (Å²) in [5.41, 5.74) is 0.309. The summed E-state index contributed by atoms with van der Waals surface area (Å²) in [5.74, 6) is -1.15. The third-order valence-corrected chi connectivity index (χ3v) is 2.31. The average molecular weight is 223 g/mol. The number of hydrogen-bond acceptors (Lipinski definition) is 3. The van der Waals surface area contributed by atoms with E-state index in [4.69, 9.17) is 5.26 Å². The van der Waals surface area contributed by atoms with E-state index in [1.807, 2.05) is 6.07 Å². The van der Waals surface area contributed by atoms with Gasteiger partial charge >= 0.3 is 5.97 Å². The van der Waals surface area contributed by atoms with Crippen LogP contribution in [0.1, 0.15) is 46.5 Å². The number of carbonyl (C=O) groups excluding carboxylic acids is 1. The van der Waals surface area contributed by atoms with Gasteiger partial charge in [-0.2, -0.15) is 5.26 Å². The molecule has 0 radical (unpaired) electrons. The van der Waals surface area contributed by atoms with E-state index in [1.165, 1.54) is 0 Å². The highest BCUT2D eigenvalue weighted by Crippen LogP contribution is 2.23. The molecular weight excluding hydrogens is 202 g/mol. The highest BCUT2D eigenvalue weighted by Gasteiger charge is 2.18. The molecule has 0 saturated carbocycles. The summed E-state index contributed by atoms with van der Waals surface area (Å²) in [6.45, 7) is 9.84. The number of hydrogen-bond donors (Lipinski definition) is 0. The van der Waals surface area contributed by atoms with Gasteiger partial charge in [-0.25, -0.2) is 0 Å². The summed E-state index contributed by atoms with van der Waals surface area (Å²) in [4.78, 5) is 11.2. The van der Waals surface area contributed by atoms with Gasteiger partial charge in [-0.05, 0) is 18.3 Å². The lowest BCUT2D eigenvalue weighted by Crippen LogP contribution is -2.14. The van der Waals surface area contributed by atoms with Crippen molar-refractivity contribution >= 4 is 5.97 Å². The Morgan fingerprint density at radius 3 is 2.56 bits per heavy atom. The van der Waals surface area contributed by atoms with Crippen molar-refractivity contribution in [2.75, 3.05) is 0 Å². The van der Waals surface area contributed by atoms with E-state index in [0.29, 0.717) is 11.8 Å². The second-order valence-corrected chi connectivity index (χ2v) is 5.09. The molecule has 3 nitrogen and oxygen atoms in total. The Labute approximate surface area is 98.1 Å². The predicted octanol–water partition coefficient (Wildman–Crippen LogP) is 3.42. The maximum absolute atomic E-state index is 11.2. The lowest BCUT2D eigenvalue weighted by molar-refractivity contribution is -0.140. The van der Waals surface area contributed by atoms with Crippen LogP contribution in [-0.4, -0.2) is 5.97 Å². The molecule has 90 valence electrons. The van der Waals surface area contributed by atoms with E-state index in [0.717, 1.165) is 25.5 Å². The van der Waals surface area contributed by atoms with Crippen molar-refractivity contribution in [1.29, 1.82) is 5.26 Å². The van der Waals surface area contributed by atoms with E-state index in [9.17, 15) is 4.79 Å². The third kappa shape index (κ3) is 7.05. The third-order valence-electron chi connectivity index (χ3n) is 2.31. The number of carbonyl (C=O) groups is 1. The Kier molecular flexibility index (Phi) is 6.48. The zero-order valence-electron chi connectivity index (χ0n) is 10.5. The minimum Gasteiger partial charge on any atom is -0.434 e. The van der Waals surface area contributed by atoms with Gasteiger partial charge in [0.1, 0.15) is 5.92 Å². The molecule has 0 bridgehead atoms. The standard InChI is InChI=1S/C13H21NO2/c1-5-16-12(15)11(10-14)8-6-7-9-13(2,3)4/h5,11H,1,6-9H2,2-4H3. The summed E-state index contributed by atoms with van der Waals surface area (Å²) in [6, 6.07) is 1.96. The van der Waals surface area contributed by atoms with Gasteiger partial charge in [0, 0.05) is 0 Å². The molecule has 16 heavy (non-hydrogen) atoms. The largest absolute Gasteiger partial charge is 0.434 e. The summed E-state index contributed by atoms with van der Waals surface area (Å²) in [5, 5.41) is 8.80. The van der Waals surface area contributed by atoms with Crippen LogP contribution in [0.3, 0.4) is 0 Å². The molecule has 0 aliphatic carbocycles. The average Bonchev–Trinajstić information content (AvgIpc) is 2.16. The molecule has 0 aromatic rings. The van der Waals surface area contributed by atoms with Crippen LogP contribution in [-0.2, 0) is 9.53 Å². The van der Waals surface area contributed by atoms with E-state index in [1.54, 1.807) is 0 Å². The van der Waals surface area contributed by atoms with Crippen LogP contribution in [0.4, 0.5) is 0 Å². The molecule has 0 aliphatic rings. The Morgan fingerprint density at radius 1 is 1.50 bits per heavy atom. The molecule has 3 heteroatoms. The quantitative estimate of drug-likeness (QED) is 0.394. The maximum Gasteiger partial charge on any atom is 0.328 e. The number of esters is 1. The van der Waals surface area contributed by atoms with Gasteiger partial charge in [-0.1, -0.05) is 40.2 Å².